The van der Waals surface area contributed by atoms with Crippen molar-refractivity contribution >= 4 is 29.9 Å². The average Bonchev–Trinajstić information content (AvgIpc) is 2.54. The SMILES string of the molecule is CC1CN(Cc2ccccc2CNC2=NCCCN2)CC(C)O1.I. The molecule has 1 saturated heterocycles. The third-order valence-corrected chi connectivity index (χ3v) is 4.35. The molecule has 3 rings (SSSR count). The van der Waals surface area contributed by atoms with E-state index in [4.69, 9.17) is 4.74 Å². The van der Waals surface area contributed by atoms with Gasteiger partial charge < -0.3 is 15.4 Å². The lowest BCUT2D eigenvalue weighted by Crippen LogP contribution is -2.45. The molecule has 0 saturated carbocycles. The van der Waals surface area contributed by atoms with Gasteiger partial charge in [-0.2, -0.15) is 0 Å². The van der Waals surface area contributed by atoms with Gasteiger partial charge in [-0.25, -0.2) is 0 Å². The van der Waals surface area contributed by atoms with Crippen molar-refractivity contribution in [3.05, 3.63) is 35.4 Å². The molecule has 0 spiro atoms. The Morgan fingerprint density at radius 1 is 1.21 bits per heavy atom. The smallest absolute Gasteiger partial charge is 0.191 e. The van der Waals surface area contributed by atoms with Crippen molar-refractivity contribution in [2.45, 2.75) is 45.6 Å². The minimum absolute atomic E-state index is 0. The lowest BCUT2D eigenvalue weighted by molar-refractivity contribution is -0.0705. The summed E-state index contributed by atoms with van der Waals surface area (Å²) in [6, 6.07) is 8.68. The van der Waals surface area contributed by atoms with Crippen molar-refractivity contribution in [2.24, 2.45) is 4.99 Å². The van der Waals surface area contributed by atoms with Crippen LogP contribution in [0.4, 0.5) is 0 Å². The maximum absolute atomic E-state index is 5.83. The maximum Gasteiger partial charge on any atom is 0.191 e. The number of aliphatic imine (C=N–C) groups is 1. The minimum Gasteiger partial charge on any atom is -0.373 e. The van der Waals surface area contributed by atoms with Gasteiger partial charge >= 0.3 is 0 Å². The Hall–Kier alpha value is -0.860. The van der Waals surface area contributed by atoms with Crippen LogP contribution in [0.25, 0.3) is 0 Å². The number of nitrogens with zero attached hydrogens (tertiary/aromatic N) is 2. The second-order valence-electron chi connectivity index (χ2n) is 6.58. The van der Waals surface area contributed by atoms with Crippen LogP contribution in [0.3, 0.4) is 0 Å². The fraction of sp³-hybridized carbons (Fsp3) is 0.611. The number of hydrogen-bond acceptors (Lipinski definition) is 5. The van der Waals surface area contributed by atoms with Crippen LogP contribution in [0.5, 0.6) is 0 Å². The van der Waals surface area contributed by atoms with Gasteiger partial charge in [-0.15, -0.1) is 24.0 Å². The third kappa shape index (κ3) is 5.60. The number of hydrogen-bond donors (Lipinski definition) is 2. The topological polar surface area (TPSA) is 48.9 Å². The Morgan fingerprint density at radius 3 is 2.58 bits per heavy atom. The highest BCUT2D eigenvalue weighted by atomic mass is 127. The fourth-order valence-corrected chi connectivity index (χ4v) is 3.37. The Labute approximate surface area is 162 Å². The van der Waals surface area contributed by atoms with Gasteiger partial charge in [0.15, 0.2) is 5.96 Å². The molecule has 2 heterocycles. The number of ether oxygens (including phenoxy) is 1. The standard InChI is InChI=1S/C18H28N4O.HI/c1-14-11-22(12-15(2)23-14)13-17-7-4-3-6-16(17)10-21-18-19-8-5-9-20-18;/h3-4,6-7,14-15H,5,8-13H2,1-2H3,(H2,19,20,21);1H. The molecule has 2 N–H and O–H groups in total. The molecule has 1 aromatic rings. The first-order valence-corrected chi connectivity index (χ1v) is 8.67. The van der Waals surface area contributed by atoms with Gasteiger partial charge in [-0.05, 0) is 31.4 Å². The predicted octanol–water partition coefficient (Wildman–Crippen LogP) is 2.35. The van der Waals surface area contributed by atoms with Crippen LogP contribution in [0.1, 0.15) is 31.4 Å². The van der Waals surface area contributed by atoms with Gasteiger partial charge in [0.1, 0.15) is 0 Å². The summed E-state index contributed by atoms with van der Waals surface area (Å²) < 4.78 is 5.83. The molecule has 6 heteroatoms. The molecule has 24 heavy (non-hydrogen) atoms. The van der Waals surface area contributed by atoms with Gasteiger partial charge in [0.05, 0.1) is 12.2 Å². The molecule has 0 aliphatic carbocycles. The van der Waals surface area contributed by atoms with Crippen molar-refractivity contribution in [2.75, 3.05) is 26.2 Å². The molecule has 5 nitrogen and oxygen atoms in total. The summed E-state index contributed by atoms with van der Waals surface area (Å²) in [6.07, 6.45) is 1.74. The maximum atomic E-state index is 5.83. The van der Waals surface area contributed by atoms with Crippen molar-refractivity contribution < 1.29 is 4.74 Å². The molecule has 2 aliphatic rings. The van der Waals surface area contributed by atoms with Crippen LogP contribution in [0.2, 0.25) is 0 Å². The summed E-state index contributed by atoms with van der Waals surface area (Å²) in [6.45, 7) is 10.0. The number of rotatable bonds is 4. The third-order valence-electron chi connectivity index (χ3n) is 4.35. The summed E-state index contributed by atoms with van der Waals surface area (Å²) in [5.41, 5.74) is 2.73. The molecule has 134 valence electrons. The monoisotopic (exact) mass is 444 g/mol. The molecule has 2 aliphatic heterocycles. The number of halogens is 1. The molecule has 0 radical (unpaired) electrons. The Morgan fingerprint density at radius 2 is 1.92 bits per heavy atom. The predicted molar refractivity (Wildman–Crippen MR) is 109 cm³/mol. The first-order valence-electron chi connectivity index (χ1n) is 8.67. The normalized spacial score (nSPS) is 24.5. The Balaban J connectivity index is 0.00000208. The summed E-state index contributed by atoms with van der Waals surface area (Å²) in [7, 11) is 0. The van der Waals surface area contributed by atoms with E-state index in [0.29, 0.717) is 12.2 Å². The first-order chi connectivity index (χ1) is 11.2. The van der Waals surface area contributed by atoms with Crippen molar-refractivity contribution in [3.63, 3.8) is 0 Å². The van der Waals surface area contributed by atoms with E-state index in [9.17, 15) is 0 Å². The molecule has 0 aromatic heterocycles. The molecular weight excluding hydrogens is 415 g/mol. The van der Waals surface area contributed by atoms with Crippen LogP contribution < -0.4 is 10.6 Å². The quantitative estimate of drug-likeness (QED) is 0.701. The fourth-order valence-electron chi connectivity index (χ4n) is 3.37. The largest absolute Gasteiger partial charge is 0.373 e. The van der Waals surface area contributed by atoms with E-state index in [1.807, 2.05) is 0 Å². The van der Waals surface area contributed by atoms with Crippen LogP contribution in [-0.2, 0) is 17.8 Å². The molecule has 2 unspecified atom stereocenters. The summed E-state index contributed by atoms with van der Waals surface area (Å²) in [5, 5.41) is 6.74. The number of nitrogens with one attached hydrogen (secondary N) is 2. The zero-order valence-electron chi connectivity index (χ0n) is 14.6. The summed E-state index contributed by atoms with van der Waals surface area (Å²) in [4.78, 5) is 6.97. The highest BCUT2D eigenvalue weighted by Gasteiger charge is 2.22. The van der Waals surface area contributed by atoms with Gasteiger partial charge in [-0.1, -0.05) is 24.3 Å². The van der Waals surface area contributed by atoms with E-state index in [1.54, 1.807) is 0 Å². The highest BCUT2D eigenvalue weighted by molar-refractivity contribution is 14.0. The van der Waals surface area contributed by atoms with Crippen molar-refractivity contribution in [3.8, 4) is 0 Å². The summed E-state index contributed by atoms with van der Waals surface area (Å²) >= 11 is 0. The highest BCUT2D eigenvalue weighted by Crippen LogP contribution is 2.17. The van der Waals surface area contributed by atoms with Crippen LogP contribution >= 0.6 is 24.0 Å². The van der Waals surface area contributed by atoms with E-state index in [-0.39, 0.29) is 24.0 Å². The second-order valence-corrected chi connectivity index (χ2v) is 6.58. The zero-order chi connectivity index (χ0) is 16.1. The van der Waals surface area contributed by atoms with E-state index >= 15 is 0 Å². The van der Waals surface area contributed by atoms with E-state index in [2.05, 4.69) is 58.6 Å². The van der Waals surface area contributed by atoms with E-state index in [0.717, 1.165) is 51.6 Å². The zero-order valence-corrected chi connectivity index (χ0v) is 17.0. The van der Waals surface area contributed by atoms with Crippen molar-refractivity contribution in [1.29, 1.82) is 0 Å². The molecule has 1 fully saturated rings. The molecule has 0 amide bonds. The molecule has 0 bridgehead atoms. The second kappa shape index (κ2) is 9.58. The number of benzene rings is 1. The van der Waals surface area contributed by atoms with Crippen molar-refractivity contribution in [1.82, 2.24) is 15.5 Å². The number of guanidine groups is 1. The Bertz CT molecular complexity index is 542. The van der Waals surface area contributed by atoms with E-state index < -0.39 is 0 Å². The average molecular weight is 444 g/mol. The van der Waals surface area contributed by atoms with Gasteiger partial charge in [0.25, 0.3) is 0 Å². The minimum atomic E-state index is 0. The Kier molecular flexibility index (Phi) is 7.77. The van der Waals surface area contributed by atoms with Gasteiger partial charge in [-0.3, -0.25) is 9.89 Å². The first kappa shape index (κ1) is 19.5. The number of morpholine rings is 1. The van der Waals surface area contributed by atoms with Gasteiger partial charge in [0, 0.05) is 39.3 Å². The molecule has 1 aromatic carbocycles. The summed E-state index contributed by atoms with van der Waals surface area (Å²) in [5.74, 6) is 0.930. The molecule has 2 atom stereocenters. The van der Waals surface area contributed by atoms with Crippen LogP contribution in [0.15, 0.2) is 29.3 Å². The molecular formula is C18H29IN4O. The van der Waals surface area contributed by atoms with E-state index in [1.165, 1.54) is 11.1 Å². The van der Waals surface area contributed by atoms with Crippen LogP contribution in [0, 0.1) is 0 Å². The van der Waals surface area contributed by atoms with Crippen LogP contribution in [-0.4, -0.2) is 49.2 Å². The lowest BCUT2D eigenvalue weighted by atomic mass is 10.1. The lowest BCUT2D eigenvalue weighted by Gasteiger charge is -2.35. The van der Waals surface area contributed by atoms with Gasteiger partial charge in [0.2, 0.25) is 0 Å².